The van der Waals surface area contributed by atoms with Crippen molar-refractivity contribution in [1.29, 1.82) is 0 Å². The summed E-state index contributed by atoms with van der Waals surface area (Å²) in [6, 6.07) is 0. The molecule has 12 heteroatoms. The van der Waals surface area contributed by atoms with Crippen LogP contribution in [0.1, 0.15) is 71.3 Å². The molecule has 0 radical (unpaired) electrons. The lowest BCUT2D eigenvalue weighted by molar-refractivity contribution is -0.116. The van der Waals surface area contributed by atoms with Crippen LogP contribution in [0.3, 0.4) is 0 Å². The number of hydrogen-bond donors (Lipinski definition) is 1. The number of ether oxygens (including phenoxy) is 2. The molecule has 4 heterocycles. The number of hydrogen-bond acceptors (Lipinski definition) is 10. The molecule has 2 aliphatic rings. The fraction of sp³-hybridized carbons (Fsp3) is 0.545. The Labute approximate surface area is 203 Å². The zero-order valence-electron chi connectivity index (χ0n) is 18.7. The van der Waals surface area contributed by atoms with Crippen molar-refractivity contribution in [2.45, 2.75) is 70.6 Å². The second-order valence-electron chi connectivity index (χ2n) is 8.57. The number of aryl methyl sites for hydroxylation is 1. The van der Waals surface area contributed by atoms with Crippen molar-refractivity contribution >= 4 is 49.9 Å². The highest BCUT2D eigenvalue weighted by molar-refractivity contribution is 7.20. The molecule has 3 aromatic heterocycles. The van der Waals surface area contributed by atoms with E-state index < -0.39 is 11.9 Å². The summed E-state index contributed by atoms with van der Waals surface area (Å²) in [6.45, 7) is 2.19. The Hall–Kier alpha value is -2.70. The van der Waals surface area contributed by atoms with E-state index in [2.05, 4.69) is 20.5 Å². The van der Waals surface area contributed by atoms with Gasteiger partial charge in [-0.2, -0.15) is 0 Å². The van der Waals surface area contributed by atoms with E-state index >= 15 is 0 Å². The zero-order valence-corrected chi connectivity index (χ0v) is 20.4. The maximum absolute atomic E-state index is 13.1. The van der Waals surface area contributed by atoms with Gasteiger partial charge in [0.25, 0.3) is 5.56 Å². The molecule has 5 rings (SSSR count). The van der Waals surface area contributed by atoms with Crippen LogP contribution in [0.2, 0.25) is 0 Å². The van der Waals surface area contributed by atoms with E-state index in [0.717, 1.165) is 54.9 Å². The van der Waals surface area contributed by atoms with E-state index in [-0.39, 0.29) is 24.3 Å². The number of carbonyl (C=O) groups is 2. The number of thiophene rings is 1. The Bertz CT molecular complexity index is 1270. The highest BCUT2D eigenvalue weighted by atomic mass is 32.1. The fourth-order valence-corrected chi connectivity index (χ4v) is 6.22. The van der Waals surface area contributed by atoms with Crippen molar-refractivity contribution < 1.29 is 19.1 Å². The van der Waals surface area contributed by atoms with Gasteiger partial charge in [-0.3, -0.25) is 19.5 Å². The second kappa shape index (κ2) is 9.88. The summed E-state index contributed by atoms with van der Waals surface area (Å²) in [5.74, 6) is -0.822. The molecule has 1 unspecified atom stereocenters. The van der Waals surface area contributed by atoms with E-state index in [1.807, 2.05) is 0 Å². The van der Waals surface area contributed by atoms with Crippen LogP contribution in [0.25, 0.3) is 10.2 Å². The average molecular weight is 504 g/mol. The van der Waals surface area contributed by atoms with Crippen LogP contribution in [-0.2, 0) is 20.8 Å². The Morgan fingerprint density at radius 2 is 2.00 bits per heavy atom. The normalized spacial score (nSPS) is 18.9. The first-order valence-electron chi connectivity index (χ1n) is 11.4. The van der Waals surface area contributed by atoms with Crippen LogP contribution >= 0.6 is 22.7 Å². The third-order valence-electron chi connectivity index (χ3n) is 6.13. The number of nitrogens with one attached hydrogen (secondary N) is 1. The van der Waals surface area contributed by atoms with Crippen molar-refractivity contribution in [1.82, 2.24) is 19.7 Å². The molecule has 180 valence electrons. The Morgan fingerprint density at radius 3 is 2.76 bits per heavy atom. The first-order chi connectivity index (χ1) is 16.5. The Morgan fingerprint density at radius 1 is 1.18 bits per heavy atom. The summed E-state index contributed by atoms with van der Waals surface area (Å²) in [5, 5.41) is 12.2. The molecule has 1 atom stereocenters. The molecule has 1 saturated heterocycles. The van der Waals surface area contributed by atoms with Gasteiger partial charge in [0.2, 0.25) is 11.0 Å². The molecule has 10 nitrogen and oxygen atoms in total. The second-order valence-corrected chi connectivity index (χ2v) is 10.6. The van der Waals surface area contributed by atoms with Gasteiger partial charge in [0.05, 0.1) is 11.7 Å². The third-order valence-corrected chi connectivity index (χ3v) is 8.25. The maximum Gasteiger partial charge on any atom is 0.348 e. The minimum atomic E-state index is -0.414. The third kappa shape index (κ3) is 4.75. The molecular weight excluding hydrogens is 478 g/mol. The van der Waals surface area contributed by atoms with Crippen LogP contribution in [0.15, 0.2) is 11.1 Å². The van der Waals surface area contributed by atoms with Gasteiger partial charge in [0.15, 0.2) is 0 Å². The van der Waals surface area contributed by atoms with E-state index in [4.69, 9.17) is 9.47 Å². The summed E-state index contributed by atoms with van der Waals surface area (Å²) < 4.78 is 12.5. The minimum Gasteiger partial charge on any atom is -0.458 e. The summed E-state index contributed by atoms with van der Waals surface area (Å²) in [7, 11) is 0. The van der Waals surface area contributed by atoms with E-state index in [0.29, 0.717) is 32.4 Å². The lowest BCUT2D eigenvalue weighted by atomic mass is 9.98. The number of anilines is 1. The maximum atomic E-state index is 13.1. The molecular formula is C22H25N5O5S2. The fourth-order valence-electron chi connectivity index (χ4n) is 4.36. The van der Waals surface area contributed by atoms with Crippen LogP contribution in [0.5, 0.6) is 0 Å². The first kappa shape index (κ1) is 23.1. The Kier molecular flexibility index (Phi) is 6.70. The molecule has 0 bridgehead atoms. The molecule has 34 heavy (non-hydrogen) atoms. The van der Waals surface area contributed by atoms with Gasteiger partial charge in [0, 0.05) is 6.61 Å². The molecule has 1 saturated carbocycles. The molecule has 1 amide bonds. The summed E-state index contributed by atoms with van der Waals surface area (Å²) in [5.41, 5.74) is 0.168. The quantitative estimate of drug-likeness (QED) is 0.506. The van der Waals surface area contributed by atoms with E-state index in [1.165, 1.54) is 28.7 Å². The SMILES string of the molecule is Cc1c(C(=O)OC2CCCCC2)sc2ncn(CC(=O)Nc3nnc(C4CCCO4)s3)c(=O)c12. The van der Waals surface area contributed by atoms with Crippen LogP contribution in [-0.4, -0.2) is 44.3 Å². The van der Waals surface area contributed by atoms with Gasteiger partial charge in [-0.25, -0.2) is 9.78 Å². The molecule has 1 aliphatic heterocycles. The van der Waals surface area contributed by atoms with Crippen molar-refractivity contribution in [2.24, 2.45) is 0 Å². The van der Waals surface area contributed by atoms with Crippen molar-refractivity contribution in [3.8, 4) is 0 Å². The van der Waals surface area contributed by atoms with Gasteiger partial charge in [0.1, 0.15) is 33.5 Å². The largest absolute Gasteiger partial charge is 0.458 e. The number of carbonyl (C=O) groups excluding carboxylic acids is 2. The summed E-state index contributed by atoms with van der Waals surface area (Å²) in [4.78, 5) is 43.6. The molecule has 1 aliphatic carbocycles. The number of aromatic nitrogens is 4. The number of esters is 1. The first-order valence-corrected chi connectivity index (χ1v) is 13.1. The van der Waals surface area contributed by atoms with Crippen LogP contribution < -0.4 is 10.9 Å². The van der Waals surface area contributed by atoms with Crippen molar-refractivity contribution in [3.05, 3.63) is 32.1 Å². The number of fused-ring (bicyclic) bond motifs is 1. The van der Waals surface area contributed by atoms with Crippen LogP contribution in [0, 0.1) is 6.92 Å². The molecule has 2 fully saturated rings. The van der Waals surface area contributed by atoms with Crippen molar-refractivity contribution in [3.63, 3.8) is 0 Å². The lowest BCUT2D eigenvalue weighted by Gasteiger charge is -2.21. The average Bonchev–Trinajstić information content (AvgIpc) is 3.57. The highest BCUT2D eigenvalue weighted by Crippen LogP contribution is 2.32. The molecule has 1 N–H and O–H groups in total. The zero-order chi connectivity index (χ0) is 23.7. The van der Waals surface area contributed by atoms with Gasteiger partial charge in [-0.05, 0) is 51.0 Å². The predicted molar refractivity (Wildman–Crippen MR) is 127 cm³/mol. The van der Waals surface area contributed by atoms with Gasteiger partial charge in [-0.15, -0.1) is 21.5 Å². The summed E-state index contributed by atoms with van der Waals surface area (Å²) >= 11 is 2.42. The van der Waals surface area contributed by atoms with Gasteiger partial charge < -0.3 is 9.47 Å². The summed E-state index contributed by atoms with van der Waals surface area (Å²) in [6.07, 6.45) is 8.09. The lowest BCUT2D eigenvalue weighted by Crippen LogP contribution is -2.28. The van der Waals surface area contributed by atoms with Crippen LogP contribution in [0.4, 0.5) is 5.13 Å². The number of rotatable bonds is 6. The molecule has 0 aromatic carbocycles. The smallest absolute Gasteiger partial charge is 0.348 e. The standard InChI is InChI=1S/C22H25N5O5S2/c1-12-16-19(33-17(12)21(30)32-13-6-3-2-4-7-13)23-11-27(20(16)29)10-15(28)24-22-26-25-18(34-22)14-8-5-9-31-14/h11,13-14H,2-10H2,1H3,(H,24,26,28). The topological polar surface area (TPSA) is 125 Å². The van der Waals surface area contributed by atoms with E-state index in [9.17, 15) is 14.4 Å². The number of amides is 1. The van der Waals surface area contributed by atoms with Crippen molar-refractivity contribution in [2.75, 3.05) is 11.9 Å². The van der Waals surface area contributed by atoms with E-state index in [1.54, 1.807) is 6.92 Å². The molecule has 3 aromatic rings. The molecule has 0 spiro atoms. The minimum absolute atomic E-state index is 0.0692. The van der Waals surface area contributed by atoms with Gasteiger partial charge >= 0.3 is 5.97 Å². The monoisotopic (exact) mass is 503 g/mol. The van der Waals surface area contributed by atoms with Gasteiger partial charge in [-0.1, -0.05) is 17.8 Å². The predicted octanol–water partition coefficient (Wildman–Crippen LogP) is 3.60. The highest BCUT2D eigenvalue weighted by Gasteiger charge is 2.25. The Balaban J connectivity index is 1.29. The number of nitrogens with zero attached hydrogens (tertiary/aromatic N) is 4.